The van der Waals surface area contributed by atoms with Gasteiger partial charge in [-0.3, -0.25) is 9.59 Å². The second-order valence-electron chi connectivity index (χ2n) is 6.85. The maximum atomic E-state index is 12.8. The molecule has 3 rings (SSSR count). The van der Waals surface area contributed by atoms with Gasteiger partial charge in [0.2, 0.25) is 0 Å². The zero-order valence-corrected chi connectivity index (χ0v) is 12.8. The molecule has 0 aromatic carbocycles. The van der Waals surface area contributed by atoms with Crippen LogP contribution in [0.3, 0.4) is 0 Å². The second-order valence-corrected chi connectivity index (χ2v) is 6.85. The fraction of sp³-hybridized carbons (Fsp3) is 0.562. The van der Waals surface area contributed by atoms with Gasteiger partial charge in [0.25, 0.3) is 5.91 Å². The first kappa shape index (κ1) is 14.0. The van der Waals surface area contributed by atoms with Crippen LogP contribution >= 0.6 is 0 Å². The van der Waals surface area contributed by atoms with Crippen LogP contribution in [-0.2, 0) is 14.3 Å². The summed E-state index contributed by atoms with van der Waals surface area (Å²) in [6, 6.07) is 3.63. The number of anilines is 1. The number of carbonyl (C=O) groups excluding carboxylic acids is 2. The Balaban J connectivity index is 1.91. The molecule has 2 fully saturated rings. The van der Waals surface area contributed by atoms with Crippen molar-refractivity contribution >= 4 is 17.7 Å². The molecule has 1 saturated heterocycles. The first-order valence-electron chi connectivity index (χ1n) is 7.20. The maximum absolute atomic E-state index is 12.8. The van der Waals surface area contributed by atoms with Gasteiger partial charge in [-0.1, -0.05) is 19.9 Å². The molecule has 112 valence electrons. The minimum Gasteiger partial charge on any atom is -0.448 e. The third kappa shape index (κ3) is 1.60. The lowest BCUT2D eigenvalue weighted by Gasteiger charge is -2.35. The SMILES string of the molecule is Cc1ccc(NC(=O)[C@]23CC[C@@](C)(C(=O)O2)C3(C)C)nc1. The molecule has 2 bridgehead atoms. The van der Waals surface area contributed by atoms with E-state index in [2.05, 4.69) is 10.3 Å². The van der Waals surface area contributed by atoms with E-state index in [1.807, 2.05) is 33.8 Å². The molecule has 0 spiro atoms. The zero-order valence-electron chi connectivity index (χ0n) is 12.8. The molecule has 1 saturated carbocycles. The highest BCUT2D eigenvalue weighted by Gasteiger charge is 2.75. The Bertz CT molecular complexity index is 623. The Morgan fingerprint density at radius 3 is 2.48 bits per heavy atom. The second kappa shape index (κ2) is 4.06. The number of hydrogen-bond acceptors (Lipinski definition) is 4. The zero-order chi connectivity index (χ0) is 15.5. The third-order valence-electron chi connectivity index (χ3n) is 5.60. The number of fused-ring (bicyclic) bond motifs is 2. The van der Waals surface area contributed by atoms with Crippen LogP contribution in [0.4, 0.5) is 5.82 Å². The first-order valence-corrected chi connectivity index (χ1v) is 7.20. The number of nitrogens with zero attached hydrogens (tertiary/aromatic N) is 1. The van der Waals surface area contributed by atoms with Crippen LogP contribution in [0.5, 0.6) is 0 Å². The summed E-state index contributed by atoms with van der Waals surface area (Å²) in [6.07, 6.45) is 2.92. The molecule has 5 nitrogen and oxygen atoms in total. The molecular weight excluding hydrogens is 268 g/mol. The van der Waals surface area contributed by atoms with Crippen molar-refractivity contribution in [1.29, 1.82) is 0 Å². The number of ether oxygens (including phenoxy) is 1. The van der Waals surface area contributed by atoms with Gasteiger partial charge in [-0.15, -0.1) is 0 Å². The van der Waals surface area contributed by atoms with Gasteiger partial charge in [-0.05, 0) is 38.3 Å². The van der Waals surface area contributed by atoms with Crippen LogP contribution in [-0.4, -0.2) is 22.5 Å². The van der Waals surface area contributed by atoms with E-state index >= 15 is 0 Å². The Labute approximate surface area is 124 Å². The highest BCUT2D eigenvalue weighted by molar-refractivity contribution is 6.02. The van der Waals surface area contributed by atoms with Gasteiger partial charge in [0, 0.05) is 11.6 Å². The molecule has 1 amide bonds. The Kier molecular flexibility index (Phi) is 2.71. The van der Waals surface area contributed by atoms with Crippen molar-refractivity contribution in [3.8, 4) is 0 Å². The monoisotopic (exact) mass is 288 g/mol. The summed E-state index contributed by atoms with van der Waals surface area (Å²) in [4.78, 5) is 29.1. The van der Waals surface area contributed by atoms with Crippen molar-refractivity contribution in [3.05, 3.63) is 23.9 Å². The number of aryl methyl sites for hydroxylation is 1. The number of rotatable bonds is 2. The summed E-state index contributed by atoms with van der Waals surface area (Å²) in [5.41, 5.74) is -1.20. The van der Waals surface area contributed by atoms with Gasteiger partial charge in [0.15, 0.2) is 5.60 Å². The molecule has 2 aliphatic rings. The fourth-order valence-electron chi connectivity index (χ4n) is 3.51. The number of amides is 1. The van der Waals surface area contributed by atoms with E-state index < -0.39 is 16.4 Å². The van der Waals surface area contributed by atoms with E-state index in [1.54, 1.807) is 12.3 Å². The van der Waals surface area contributed by atoms with E-state index in [0.717, 1.165) is 5.56 Å². The van der Waals surface area contributed by atoms with Gasteiger partial charge in [-0.2, -0.15) is 0 Å². The van der Waals surface area contributed by atoms with Gasteiger partial charge in [0.05, 0.1) is 5.41 Å². The Morgan fingerprint density at radius 2 is 2.00 bits per heavy atom. The molecule has 5 heteroatoms. The summed E-state index contributed by atoms with van der Waals surface area (Å²) < 4.78 is 5.55. The van der Waals surface area contributed by atoms with E-state index in [9.17, 15) is 9.59 Å². The van der Waals surface area contributed by atoms with Crippen LogP contribution in [0.2, 0.25) is 0 Å². The van der Waals surface area contributed by atoms with E-state index in [1.165, 1.54) is 0 Å². The van der Waals surface area contributed by atoms with Crippen molar-refractivity contribution < 1.29 is 14.3 Å². The molecule has 0 radical (unpaired) electrons. The van der Waals surface area contributed by atoms with Crippen LogP contribution in [0, 0.1) is 17.8 Å². The summed E-state index contributed by atoms with van der Waals surface area (Å²) in [7, 11) is 0. The largest absolute Gasteiger partial charge is 0.448 e. The van der Waals surface area contributed by atoms with Crippen LogP contribution in [0.1, 0.15) is 39.2 Å². The van der Waals surface area contributed by atoms with Gasteiger partial charge in [-0.25, -0.2) is 4.98 Å². The van der Waals surface area contributed by atoms with Crippen LogP contribution < -0.4 is 5.32 Å². The third-order valence-corrected chi connectivity index (χ3v) is 5.60. The molecule has 1 aliphatic carbocycles. The van der Waals surface area contributed by atoms with E-state index in [0.29, 0.717) is 18.7 Å². The molecule has 2 atom stereocenters. The highest BCUT2D eigenvalue weighted by Crippen LogP contribution is 2.65. The minimum absolute atomic E-state index is 0.272. The average Bonchev–Trinajstić information content (AvgIpc) is 2.72. The van der Waals surface area contributed by atoms with E-state index in [4.69, 9.17) is 4.74 Å². The number of hydrogen-bond donors (Lipinski definition) is 1. The highest BCUT2D eigenvalue weighted by atomic mass is 16.6. The number of esters is 1. The maximum Gasteiger partial charge on any atom is 0.313 e. The number of nitrogens with one attached hydrogen (secondary N) is 1. The molecule has 2 heterocycles. The average molecular weight is 288 g/mol. The number of pyridine rings is 1. The smallest absolute Gasteiger partial charge is 0.313 e. The topological polar surface area (TPSA) is 68.3 Å². The van der Waals surface area contributed by atoms with Crippen LogP contribution in [0.15, 0.2) is 18.3 Å². The van der Waals surface area contributed by atoms with Crippen molar-refractivity contribution in [2.45, 2.75) is 46.1 Å². The van der Waals surface area contributed by atoms with Crippen molar-refractivity contribution in [2.75, 3.05) is 5.32 Å². The molecule has 1 aliphatic heterocycles. The molecule has 1 aromatic heterocycles. The normalized spacial score (nSPS) is 32.9. The van der Waals surface area contributed by atoms with Crippen molar-refractivity contribution in [1.82, 2.24) is 4.98 Å². The summed E-state index contributed by atoms with van der Waals surface area (Å²) in [5, 5.41) is 2.80. The first-order chi connectivity index (χ1) is 9.73. The van der Waals surface area contributed by atoms with Gasteiger partial charge < -0.3 is 10.1 Å². The van der Waals surface area contributed by atoms with E-state index in [-0.39, 0.29) is 11.9 Å². The Hall–Kier alpha value is -1.91. The standard InChI is InChI=1S/C16H20N2O3/c1-10-5-6-11(17-9-10)18-12(19)16-8-7-15(4,13(20)21-16)14(16,2)3/h5-6,9H,7-8H2,1-4H3,(H,17,18,19)/t15-,16-/m0/s1. The predicted octanol–water partition coefficient (Wildman–Crippen LogP) is 2.45. The number of aromatic nitrogens is 1. The molecule has 0 unspecified atom stereocenters. The molecule has 1 N–H and O–H groups in total. The molecular formula is C16H20N2O3. The van der Waals surface area contributed by atoms with Gasteiger partial charge >= 0.3 is 5.97 Å². The quantitative estimate of drug-likeness (QED) is 0.849. The summed E-state index contributed by atoms with van der Waals surface area (Å²) in [5.74, 6) is -0.0727. The van der Waals surface area contributed by atoms with Crippen molar-refractivity contribution in [2.24, 2.45) is 10.8 Å². The molecule has 1 aromatic rings. The van der Waals surface area contributed by atoms with Gasteiger partial charge in [0.1, 0.15) is 5.82 Å². The minimum atomic E-state index is -1.09. The lowest BCUT2D eigenvalue weighted by molar-refractivity contribution is -0.165. The summed E-state index contributed by atoms with van der Waals surface area (Å²) in [6.45, 7) is 7.70. The predicted molar refractivity (Wildman–Crippen MR) is 77.5 cm³/mol. The van der Waals surface area contributed by atoms with Crippen molar-refractivity contribution in [3.63, 3.8) is 0 Å². The lowest BCUT2D eigenvalue weighted by atomic mass is 9.66. The fourth-order valence-corrected chi connectivity index (χ4v) is 3.51. The summed E-state index contributed by atoms with van der Waals surface area (Å²) >= 11 is 0. The number of carbonyl (C=O) groups is 2. The Morgan fingerprint density at radius 1 is 1.29 bits per heavy atom. The lowest BCUT2D eigenvalue weighted by Crippen LogP contribution is -2.50. The van der Waals surface area contributed by atoms with Crippen LogP contribution in [0.25, 0.3) is 0 Å². The molecule has 21 heavy (non-hydrogen) atoms.